The molecule has 0 saturated heterocycles. The van der Waals surface area contributed by atoms with Gasteiger partial charge in [-0.05, 0) is 30.3 Å². The molecule has 0 saturated carbocycles. The zero-order chi connectivity index (χ0) is 10.7. The third-order valence-electron chi connectivity index (χ3n) is 2.01. The van der Waals surface area contributed by atoms with E-state index in [0.29, 0.717) is 18.3 Å². The van der Waals surface area contributed by atoms with Crippen molar-refractivity contribution in [1.29, 1.82) is 0 Å². The van der Waals surface area contributed by atoms with Crippen LogP contribution in [0.15, 0.2) is 30.3 Å². The van der Waals surface area contributed by atoms with Crippen LogP contribution in [0.3, 0.4) is 0 Å². The van der Waals surface area contributed by atoms with Gasteiger partial charge in [-0.3, -0.25) is 0 Å². The molecule has 6 heteroatoms. The highest BCUT2D eigenvalue weighted by atomic mass is 35.5. The lowest BCUT2D eigenvalue weighted by Gasteiger charge is -2.05. The Morgan fingerprint density at radius 3 is 2.65 bits per heavy atom. The Labute approximate surface area is 117 Å². The predicted molar refractivity (Wildman–Crippen MR) is 75.8 cm³/mol. The maximum Gasteiger partial charge on any atom is 0.129 e. The number of halogens is 3. The molecule has 3 nitrogen and oxygen atoms in total. The molecule has 0 fully saturated rings. The summed E-state index contributed by atoms with van der Waals surface area (Å²) >= 11 is 5.78. The first-order valence-electron chi connectivity index (χ1n) is 4.69. The van der Waals surface area contributed by atoms with Crippen LogP contribution in [0.5, 0.6) is 5.75 Å². The van der Waals surface area contributed by atoms with Crippen molar-refractivity contribution in [2.75, 3.05) is 13.2 Å². The van der Waals surface area contributed by atoms with Crippen molar-refractivity contribution >= 4 is 47.3 Å². The Morgan fingerprint density at radius 2 is 1.94 bits per heavy atom. The molecule has 0 aliphatic carbocycles. The smallest absolute Gasteiger partial charge is 0.129 e. The fourth-order valence-corrected chi connectivity index (χ4v) is 1.50. The molecule has 2 aromatic rings. The molecule has 0 aliphatic rings. The van der Waals surface area contributed by atoms with Crippen molar-refractivity contribution in [3.05, 3.63) is 35.5 Å². The standard InChI is InChI=1S/C11H11ClN2O.2ClH/c12-11-4-1-8-7-9(15-6-5-13)2-3-10(8)14-11;;/h1-4,7H,5-6,13H2;2*1H. The summed E-state index contributed by atoms with van der Waals surface area (Å²) in [5.41, 5.74) is 6.22. The van der Waals surface area contributed by atoms with Gasteiger partial charge in [0, 0.05) is 11.9 Å². The summed E-state index contributed by atoms with van der Waals surface area (Å²) in [4.78, 5) is 4.18. The molecule has 17 heavy (non-hydrogen) atoms. The SMILES string of the molecule is Cl.Cl.NCCOc1ccc2nc(Cl)ccc2c1. The number of ether oxygens (including phenoxy) is 1. The first-order valence-corrected chi connectivity index (χ1v) is 5.06. The Kier molecular flexibility index (Phi) is 7.23. The van der Waals surface area contributed by atoms with E-state index in [9.17, 15) is 0 Å². The number of benzene rings is 1. The Bertz CT molecular complexity index is 479. The van der Waals surface area contributed by atoms with E-state index in [1.165, 1.54) is 0 Å². The Hall–Kier alpha value is -0.740. The van der Waals surface area contributed by atoms with Gasteiger partial charge in [0.2, 0.25) is 0 Å². The van der Waals surface area contributed by atoms with Gasteiger partial charge in [0.25, 0.3) is 0 Å². The van der Waals surface area contributed by atoms with E-state index in [-0.39, 0.29) is 24.8 Å². The molecular weight excluding hydrogens is 282 g/mol. The molecule has 0 bridgehead atoms. The van der Waals surface area contributed by atoms with Gasteiger partial charge in [-0.15, -0.1) is 24.8 Å². The van der Waals surface area contributed by atoms with Gasteiger partial charge >= 0.3 is 0 Å². The molecule has 0 radical (unpaired) electrons. The molecule has 1 aromatic carbocycles. The highest BCUT2D eigenvalue weighted by Gasteiger charge is 1.99. The van der Waals surface area contributed by atoms with Crippen LogP contribution in [0.25, 0.3) is 10.9 Å². The summed E-state index contributed by atoms with van der Waals surface area (Å²) in [6.45, 7) is 1.03. The van der Waals surface area contributed by atoms with E-state index in [4.69, 9.17) is 22.1 Å². The molecule has 0 unspecified atom stereocenters. The number of hydrogen-bond acceptors (Lipinski definition) is 3. The van der Waals surface area contributed by atoms with Gasteiger partial charge in [0.1, 0.15) is 17.5 Å². The topological polar surface area (TPSA) is 48.1 Å². The fourth-order valence-electron chi connectivity index (χ4n) is 1.35. The summed E-state index contributed by atoms with van der Waals surface area (Å²) in [6.07, 6.45) is 0. The van der Waals surface area contributed by atoms with Crippen molar-refractivity contribution in [2.45, 2.75) is 0 Å². The number of rotatable bonds is 3. The molecular formula is C11H13Cl3N2O. The Morgan fingerprint density at radius 1 is 1.18 bits per heavy atom. The molecule has 0 spiro atoms. The maximum absolute atomic E-state index is 5.78. The molecule has 1 aromatic heterocycles. The second-order valence-electron chi connectivity index (χ2n) is 3.13. The average Bonchev–Trinajstić information content (AvgIpc) is 2.26. The van der Waals surface area contributed by atoms with Crippen molar-refractivity contribution in [3.63, 3.8) is 0 Å². The summed E-state index contributed by atoms with van der Waals surface area (Å²) in [5, 5.41) is 1.51. The third-order valence-corrected chi connectivity index (χ3v) is 2.22. The van der Waals surface area contributed by atoms with Gasteiger partial charge < -0.3 is 10.5 Å². The highest BCUT2D eigenvalue weighted by molar-refractivity contribution is 6.29. The maximum atomic E-state index is 5.78. The number of hydrogen-bond donors (Lipinski definition) is 1. The van der Waals surface area contributed by atoms with Crippen LogP contribution in [0, 0.1) is 0 Å². The first-order chi connectivity index (χ1) is 7.29. The minimum absolute atomic E-state index is 0. The summed E-state index contributed by atoms with van der Waals surface area (Å²) in [6, 6.07) is 9.35. The molecule has 1 heterocycles. The van der Waals surface area contributed by atoms with Gasteiger partial charge in [-0.2, -0.15) is 0 Å². The van der Waals surface area contributed by atoms with Crippen LogP contribution in [0.4, 0.5) is 0 Å². The first kappa shape index (κ1) is 16.3. The van der Waals surface area contributed by atoms with E-state index in [1.807, 2.05) is 24.3 Å². The number of nitrogens with two attached hydrogens (primary N) is 1. The minimum atomic E-state index is 0. The normalized spacial score (nSPS) is 9.29. The molecule has 0 aliphatic heterocycles. The molecule has 94 valence electrons. The monoisotopic (exact) mass is 294 g/mol. The van der Waals surface area contributed by atoms with Crippen molar-refractivity contribution < 1.29 is 4.74 Å². The number of fused-ring (bicyclic) bond motifs is 1. The lowest BCUT2D eigenvalue weighted by molar-refractivity contribution is 0.329. The summed E-state index contributed by atoms with van der Waals surface area (Å²) < 4.78 is 5.41. The van der Waals surface area contributed by atoms with Crippen LogP contribution in [0.1, 0.15) is 0 Å². The van der Waals surface area contributed by atoms with Crippen molar-refractivity contribution in [2.24, 2.45) is 5.73 Å². The summed E-state index contributed by atoms with van der Waals surface area (Å²) in [5.74, 6) is 0.803. The van der Waals surface area contributed by atoms with Crippen LogP contribution in [0.2, 0.25) is 5.15 Å². The largest absolute Gasteiger partial charge is 0.492 e. The van der Waals surface area contributed by atoms with E-state index in [0.717, 1.165) is 16.7 Å². The van der Waals surface area contributed by atoms with Crippen molar-refractivity contribution in [1.82, 2.24) is 4.98 Å². The Balaban J connectivity index is 0.00000128. The van der Waals surface area contributed by atoms with Crippen LogP contribution in [-0.2, 0) is 0 Å². The van der Waals surface area contributed by atoms with Gasteiger partial charge in [-0.1, -0.05) is 11.6 Å². The fraction of sp³-hybridized carbons (Fsp3) is 0.182. The van der Waals surface area contributed by atoms with Gasteiger partial charge in [0.15, 0.2) is 0 Å². The van der Waals surface area contributed by atoms with Gasteiger partial charge in [-0.25, -0.2) is 4.98 Å². The van der Waals surface area contributed by atoms with E-state index in [1.54, 1.807) is 6.07 Å². The number of nitrogens with zero attached hydrogens (tertiary/aromatic N) is 1. The minimum Gasteiger partial charge on any atom is -0.492 e. The number of aromatic nitrogens is 1. The molecule has 0 amide bonds. The highest BCUT2D eigenvalue weighted by Crippen LogP contribution is 2.20. The second kappa shape index (κ2) is 7.56. The van der Waals surface area contributed by atoms with Crippen LogP contribution >= 0.6 is 36.4 Å². The van der Waals surface area contributed by atoms with Gasteiger partial charge in [0.05, 0.1) is 5.52 Å². The quantitative estimate of drug-likeness (QED) is 0.885. The second-order valence-corrected chi connectivity index (χ2v) is 3.51. The number of pyridine rings is 1. The zero-order valence-electron chi connectivity index (χ0n) is 8.93. The van der Waals surface area contributed by atoms with Crippen LogP contribution in [-0.4, -0.2) is 18.1 Å². The van der Waals surface area contributed by atoms with Crippen LogP contribution < -0.4 is 10.5 Å². The predicted octanol–water partition coefficient (Wildman–Crippen LogP) is 3.07. The molecule has 2 rings (SSSR count). The zero-order valence-corrected chi connectivity index (χ0v) is 11.3. The van der Waals surface area contributed by atoms with Crippen molar-refractivity contribution in [3.8, 4) is 5.75 Å². The molecule has 0 atom stereocenters. The lowest BCUT2D eigenvalue weighted by Crippen LogP contribution is -2.10. The average molecular weight is 296 g/mol. The van der Waals surface area contributed by atoms with E-state index in [2.05, 4.69) is 4.98 Å². The van der Waals surface area contributed by atoms with E-state index >= 15 is 0 Å². The summed E-state index contributed by atoms with van der Waals surface area (Å²) in [7, 11) is 0. The lowest BCUT2D eigenvalue weighted by atomic mass is 10.2. The molecule has 2 N–H and O–H groups in total. The van der Waals surface area contributed by atoms with E-state index < -0.39 is 0 Å². The third kappa shape index (κ3) is 4.21.